The summed E-state index contributed by atoms with van der Waals surface area (Å²) in [6.07, 6.45) is -0.571. The Labute approximate surface area is 94.4 Å². The SMILES string of the molecule is CC(O)C(C)N1COc2ccccc2C1=O. The molecule has 0 spiro atoms. The molecule has 0 bridgehead atoms. The zero-order chi connectivity index (χ0) is 11.7. The van der Waals surface area contributed by atoms with Crippen molar-refractivity contribution in [1.82, 2.24) is 4.90 Å². The van der Waals surface area contributed by atoms with Gasteiger partial charge in [-0.05, 0) is 26.0 Å². The molecule has 4 heteroatoms. The first-order chi connectivity index (χ1) is 7.61. The van der Waals surface area contributed by atoms with Crippen LogP contribution < -0.4 is 4.74 Å². The number of aliphatic hydroxyl groups is 1. The fourth-order valence-electron chi connectivity index (χ4n) is 1.68. The fraction of sp³-hybridized carbons (Fsp3) is 0.417. The lowest BCUT2D eigenvalue weighted by atomic mass is 10.1. The Bertz CT molecular complexity index is 403. The number of para-hydroxylation sites is 1. The van der Waals surface area contributed by atoms with Crippen molar-refractivity contribution in [2.75, 3.05) is 6.73 Å². The van der Waals surface area contributed by atoms with Gasteiger partial charge in [-0.25, -0.2) is 0 Å². The van der Waals surface area contributed by atoms with Gasteiger partial charge in [-0.3, -0.25) is 4.79 Å². The highest BCUT2D eigenvalue weighted by Gasteiger charge is 2.30. The van der Waals surface area contributed by atoms with Crippen LogP contribution in [0.5, 0.6) is 5.75 Å². The van der Waals surface area contributed by atoms with Gasteiger partial charge in [-0.15, -0.1) is 0 Å². The highest BCUT2D eigenvalue weighted by atomic mass is 16.5. The summed E-state index contributed by atoms with van der Waals surface area (Å²) in [7, 11) is 0. The number of hydrogen-bond acceptors (Lipinski definition) is 3. The van der Waals surface area contributed by atoms with E-state index in [0.29, 0.717) is 11.3 Å². The molecule has 2 unspecified atom stereocenters. The summed E-state index contributed by atoms with van der Waals surface area (Å²) in [4.78, 5) is 13.6. The quantitative estimate of drug-likeness (QED) is 0.817. The summed E-state index contributed by atoms with van der Waals surface area (Å²) < 4.78 is 5.47. The van der Waals surface area contributed by atoms with Gasteiger partial charge in [0.15, 0.2) is 6.73 Å². The topological polar surface area (TPSA) is 49.8 Å². The molecule has 2 atom stereocenters. The summed E-state index contributed by atoms with van der Waals surface area (Å²) in [5, 5.41) is 9.49. The molecule has 0 saturated heterocycles. The van der Waals surface area contributed by atoms with Crippen molar-refractivity contribution in [3.05, 3.63) is 29.8 Å². The first-order valence-electron chi connectivity index (χ1n) is 5.32. The minimum absolute atomic E-state index is 0.0877. The highest BCUT2D eigenvalue weighted by molar-refractivity contribution is 5.97. The van der Waals surface area contributed by atoms with E-state index in [-0.39, 0.29) is 18.7 Å². The first-order valence-corrected chi connectivity index (χ1v) is 5.32. The normalized spacial score (nSPS) is 18.7. The zero-order valence-corrected chi connectivity index (χ0v) is 9.38. The van der Waals surface area contributed by atoms with Crippen molar-refractivity contribution in [2.45, 2.75) is 26.0 Å². The summed E-state index contributed by atoms with van der Waals surface area (Å²) in [6.45, 7) is 3.67. The maximum atomic E-state index is 12.1. The number of amides is 1. The molecule has 0 radical (unpaired) electrons. The summed E-state index contributed by atoms with van der Waals surface area (Å²) >= 11 is 0. The van der Waals surface area contributed by atoms with E-state index in [1.54, 1.807) is 32.0 Å². The summed E-state index contributed by atoms with van der Waals surface area (Å²) in [5.41, 5.74) is 0.557. The van der Waals surface area contributed by atoms with Crippen LogP contribution in [0.1, 0.15) is 24.2 Å². The van der Waals surface area contributed by atoms with Crippen molar-refractivity contribution in [2.24, 2.45) is 0 Å². The number of fused-ring (bicyclic) bond motifs is 1. The third kappa shape index (κ3) is 1.76. The van der Waals surface area contributed by atoms with Gasteiger partial charge >= 0.3 is 0 Å². The Morgan fingerprint density at radius 3 is 2.75 bits per heavy atom. The second kappa shape index (κ2) is 4.14. The number of carbonyl (C=O) groups is 1. The molecule has 1 aromatic carbocycles. The first kappa shape index (κ1) is 11.0. The van der Waals surface area contributed by atoms with Gasteiger partial charge in [0.1, 0.15) is 5.75 Å². The molecule has 1 heterocycles. The number of benzene rings is 1. The van der Waals surface area contributed by atoms with Gasteiger partial charge in [0.05, 0.1) is 17.7 Å². The van der Waals surface area contributed by atoms with Crippen molar-refractivity contribution < 1.29 is 14.6 Å². The summed E-state index contributed by atoms with van der Waals surface area (Å²) in [6, 6.07) is 6.90. The van der Waals surface area contributed by atoms with E-state index in [0.717, 1.165) is 0 Å². The molecule has 1 N–H and O–H groups in total. The Kier molecular flexibility index (Phi) is 2.83. The van der Waals surface area contributed by atoms with Crippen molar-refractivity contribution in [3.8, 4) is 5.75 Å². The number of nitrogens with zero attached hydrogens (tertiary/aromatic N) is 1. The molecule has 4 nitrogen and oxygen atoms in total. The Morgan fingerprint density at radius 1 is 1.38 bits per heavy atom. The van der Waals surface area contributed by atoms with E-state index in [4.69, 9.17) is 4.74 Å². The lowest BCUT2D eigenvalue weighted by molar-refractivity contribution is 0.0128. The van der Waals surface area contributed by atoms with E-state index in [9.17, 15) is 9.90 Å². The molecular weight excluding hydrogens is 206 g/mol. The molecule has 2 rings (SSSR count). The van der Waals surface area contributed by atoms with Crippen molar-refractivity contribution in [1.29, 1.82) is 0 Å². The summed E-state index contributed by atoms with van der Waals surface area (Å²) in [5.74, 6) is 0.525. The van der Waals surface area contributed by atoms with Crippen LogP contribution >= 0.6 is 0 Å². The minimum Gasteiger partial charge on any atom is -0.472 e. The van der Waals surface area contributed by atoms with Crippen LogP contribution in [-0.2, 0) is 0 Å². The molecule has 86 valence electrons. The van der Waals surface area contributed by atoms with E-state index < -0.39 is 6.10 Å². The maximum Gasteiger partial charge on any atom is 0.260 e. The monoisotopic (exact) mass is 221 g/mol. The fourth-order valence-corrected chi connectivity index (χ4v) is 1.68. The molecule has 1 aliphatic rings. The number of carbonyl (C=O) groups excluding carboxylic acids is 1. The average Bonchev–Trinajstić information content (AvgIpc) is 2.29. The molecule has 0 aromatic heterocycles. The van der Waals surface area contributed by atoms with Crippen molar-refractivity contribution >= 4 is 5.91 Å². The van der Waals surface area contributed by atoms with Crippen molar-refractivity contribution in [3.63, 3.8) is 0 Å². The van der Waals surface area contributed by atoms with Gasteiger partial charge in [0.25, 0.3) is 5.91 Å². The molecular formula is C12H15NO3. The Hall–Kier alpha value is -1.55. The van der Waals surface area contributed by atoms with Crippen LogP contribution in [-0.4, -0.2) is 34.8 Å². The third-order valence-electron chi connectivity index (χ3n) is 2.93. The van der Waals surface area contributed by atoms with Gasteiger partial charge < -0.3 is 14.7 Å². The predicted octanol–water partition coefficient (Wildman–Crippen LogP) is 1.25. The Balaban J connectivity index is 2.28. The molecule has 0 saturated carbocycles. The van der Waals surface area contributed by atoms with Crippen LogP contribution in [0.25, 0.3) is 0 Å². The number of aliphatic hydroxyl groups excluding tert-OH is 1. The Morgan fingerprint density at radius 2 is 2.06 bits per heavy atom. The molecule has 1 aromatic rings. The van der Waals surface area contributed by atoms with Crippen LogP contribution in [0.4, 0.5) is 0 Å². The van der Waals surface area contributed by atoms with Gasteiger partial charge in [0, 0.05) is 0 Å². The van der Waals surface area contributed by atoms with Gasteiger partial charge in [-0.2, -0.15) is 0 Å². The minimum atomic E-state index is -0.571. The number of ether oxygens (including phenoxy) is 1. The maximum absolute atomic E-state index is 12.1. The second-order valence-electron chi connectivity index (χ2n) is 4.03. The van der Waals surface area contributed by atoms with E-state index >= 15 is 0 Å². The predicted molar refractivity (Wildman–Crippen MR) is 59.2 cm³/mol. The van der Waals surface area contributed by atoms with Crippen LogP contribution in [0.15, 0.2) is 24.3 Å². The van der Waals surface area contributed by atoms with E-state index in [2.05, 4.69) is 0 Å². The van der Waals surface area contributed by atoms with E-state index in [1.165, 1.54) is 4.90 Å². The lowest BCUT2D eigenvalue weighted by Gasteiger charge is -2.34. The average molecular weight is 221 g/mol. The number of hydrogen-bond donors (Lipinski definition) is 1. The second-order valence-corrected chi connectivity index (χ2v) is 4.03. The number of rotatable bonds is 2. The molecule has 0 fully saturated rings. The van der Waals surface area contributed by atoms with Gasteiger partial charge in [0.2, 0.25) is 0 Å². The van der Waals surface area contributed by atoms with Gasteiger partial charge in [-0.1, -0.05) is 12.1 Å². The van der Waals surface area contributed by atoms with Crippen LogP contribution in [0.2, 0.25) is 0 Å². The molecule has 1 amide bonds. The molecule has 16 heavy (non-hydrogen) atoms. The zero-order valence-electron chi connectivity index (χ0n) is 9.38. The van der Waals surface area contributed by atoms with Crippen LogP contribution in [0.3, 0.4) is 0 Å². The van der Waals surface area contributed by atoms with E-state index in [1.807, 2.05) is 6.07 Å². The lowest BCUT2D eigenvalue weighted by Crippen LogP contribution is -2.48. The molecule has 1 aliphatic heterocycles. The standard InChI is InChI=1S/C12H15NO3/c1-8(9(2)14)13-7-16-11-6-4-3-5-10(11)12(13)15/h3-6,8-9,14H,7H2,1-2H3. The van der Waals surface area contributed by atoms with Crippen LogP contribution in [0, 0.1) is 0 Å². The smallest absolute Gasteiger partial charge is 0.260 e. The largest absolute Gasteiger partial charge is 0.472 e. The molecule has 0 aliphatic carbocycles. The highest BCUT2D eigenvalue weighted by Crippen LogP contribution is 2.25. The third-order valence-corrected chi connectivity index (χ3v) is 2.93.